The third-order valence-electron chi connectivity index (χ3n) is 1.90. The normalized spacial score (nSPS) is 16.2. The van der Waals surface area contributed by atoms with Crippen LogP contribution in [0.25, 0.3) is 0 Å². The van der Waals surface area contributed by atoms with E-state index in [4.69, 9.17) is 10.9 Å². The zero-order chi connectivity index (χ0) is 9.78. The molecule has 0 heterocycles. The summed E-state index contributed by atoms with van der Waals surface area (Å²) in [4.78, 5) is 0. The average molecular weight is 175 g/mol. The van der Waals surface area contributed by atoms with Gasteiger partial charge >= 0.3 is 0 Å². The maximum atomic E-state index is 9.26. The van der Waals surface area contributed by atoms with Crippen LogP contribution in [0, 0.1) is 0 Å². The molecule has 0 spiro atoms. The summed E-state index contributed by atoms with van der Waals surface area (Å²) in [5, 5.41) is 23.2. The number of amidine groups is 1. The van der Waals surface area contributed by atoms with Crippen molar-refractivity contribution in [3.05, 3.63) is 0 Å². The van der Waals surface area contributed by atoms with Crippen molar-refractivity contribution in [3.63, 3.8) is 0 Å². The molecular weight excluding hydrogens is 158 g/mol. The van der Waals surface area contributed by atoms with Gasteiger partial charge in [0.05, 0.1) is 12.6 Å². The molecule has 0 fully saturated rings. The van der Waals surface area contributed by atoms with E-state index < -0.39 is 11.6 Å². The summed E-state index contributed by atoms with van der Waals surface area (Å²) in [5.41, 5.74) is 4.80. The molecule has 1 atom stereocenters. The smallest absolute Gasteiger partial charge is 0.153 e. The number of nitrogens with one attached hydrogen (secondary N) is 1. The van der Waals surface area contributed by atoms with Gasteiger partial charge in [0.15, 0.2) is 5.84 Å². The van der Waals surface area contributed by atoms with Crippen LogP contribution < -0.4 is 11.1 Å². The summed E-state index contributed by atoms with van der Waals surface area (Å²) in [6.07, 6.45) is -0.496. The highest BCUT2D eigenvalue weighted by Gasteiger charge is 2.23. The SMILES string of the molecule is CC(O)C(C)(C)NCC(N)=NO. The van der Waals surface area contributed by atoms with Crippen molar-refractivity contribution in [2.75, 3.05) is 6.54 Å². The minimum Gasteiger partial charge on any atom is -0.409 e. The fourth-order valence-corrected chi connectivity index (χ4v) is 0.501. The molecule has 0 bridgehead atoms. The maximum absolute atomic E-state index is 9.26. The molecule has 1 unspecified atom stereocenters. The minimum absolute atomic E-state index is 0.101. The van der Waals surface area contributed by atoms with Crippen LogP contribution in [0.1, 0.15) is 20.8 Å². The van der Waals surface area contributed by atoms with Crippen molar-refractivity contribution in [2.45, 2.75) is 32.4 Å². The highest BCUT2D eigenvalue weighted by atomic mass is 16.4. The van der Waals surface area contributed by atoms with E-state index in [9.17, 15) is 5.11 Å². The maximum Gasteiger partial charge on any atom is 0.153 e. The van der Waals surface area contributed by atoms with Crippen LogP contribution in [-0.4, -0.2) is 34.3 Å². The highest BCUT2D eigenvalue weighted by Crippen LogP contribution is 2.06. The number of aliphatic hydroxyl groups is 1. The van der Waals surface area contributed by atoms with Gasteiger partial charge in [-0.25, -0.2) is 0 Å². The average Bonchev–Trinajstić information content (AvgIpc) is 2.00. The number of hydrogen-bond donors (Lipinski definition) is 4. The van der Waals surface area contributed by atoms with E-state index in [0.29, 0.717) is 0 Å². The molecule has 0 rings (SSSR count). The van der Waals surface area contributed by atoms with Gasteiger partial charge < -0.3 is 21.4 Å². The molecule has 0 saturated heterocycles. The first-order valence-corrected chi connectivity index (χ1v) is 3.79. The van der Waals surface area contributed by atoms with E-state index in [1.54, 1.807) is 6.92 Å². The van der Waals surface area contributed by atoms with Crippen LogP contribution in [0.3, 0.4) is 0 Å². The lowest BCUT2D eigenvalue weighted by atomic mass is 9.99. The summed E-state index contributed by atoms with van der Waals surface area (Å²) in [6.45, 7) is 5.61. The van der Waals surface area contributed by atoms with Crippen molar-refractivity contribution in [3.8, 4) is 0 Å². The second-order valence-corrected chi connectivity index (χ2v) is 3.34. The van der Waals surface area contributed by atoms with E-state index in [2.05, 4.69) is 10.5 Å². The van der Waals surface area contributed by atoms with Gasteiger partial charge in [0.1, 0.15) is 0 Å². The van der Waals surface area contributed by atoms with Gasteiger partial charge in [0.2, 0.25) is 0 Å². The minimum atomic E-state index is -0.496. The summed E-state index contributed by atoms with van der Waals surface area (Å²) in [5.74, 6) is 0.101. The monoisotopic (exact) mass is 175 g/mol. The zero-order valence-corrected chi connectivity index (χ0v) is 7.70. The predicted molar refractivity (Wildman–Crippen MR) is 47.2 cm³/mol. The molecule has 0 aliphatic rings. The number of rotatable bonds is 4. The third-order valence-corrected chi connectivity index (χ3v) is 1.90. The number of aliphatic hydroxyl groups excluding tert-OH is 1. The molecule has 0 aromatic carbocycles. The standard InChI is InChI=1S/C7H17N3O2/c1-5(11)7(2,3)9-4-6(8)10-12/h5,9,11-12H,4H2,1-3H3,(H2,8,10). The quantitative estimate of drug-likeness (QED) is 0.200. The van der Waals surface area contributed by atoms with E-state index >= 15 is 0 Å². The van der Waals surface area contributed by atoms with Gasteiger partial charge in [-0.3, -0.25) is 0 Å². The summed E-state index contributed by atoms with van der Waals surface area (Å²) in [7, 11) is 0. The molecule has 0 saturated carbocycles. The lowest BCUT2D eigenvalue weighted by molar-refractivity contribution is 0.1000. The number of nitrogens with two attached hydrogens (primary N) is 1. The fraction of sp³-hybridized carbons (Fsp3) is 0.857. The molecule has 72 valence electrons. The van der Waals surface area contributed by atoms with Gasteiger partial charge in [-0.2, -0.15) is 0 Å². The molecule has 0 radical (unpaired) electrons. The fourth-order valence-electron chi connectivity index (χ4n) is 0.501. The van der Waals surface area contributed by atoms with Gasteiger partial charge in [-0.05, 0) is 20.8 Å². The second kappa shape index (κ2) is 4.27. The molecule has 0 aliphatic carbocycles. The largest absolute Gasteiger partial charge is 0.409 e. The van der Waals surface area contributed by atoms with E-state index in [-0.39, 0.29) is 12.4 Å². The highest BCUT2D eigenvalue weighted by molar-refractivity contribution is 5.81. The van der Waals surface area contributed by atoms with Crippen LogP contribution in [0.15, 0.2) is 5.16 Å². The Morgan fingerprint density at radius 1 is 1.67 bits per heavy atom. The summed E-state index contributed by atoms with van der Waals surface area (Å²) >= 11 is 0. The van der Waals surface area contributed by atoms with Crippen LogP contribution >= 0.6 is 0 Å². The Labute approximate surface area is 72.3 Å². The van der Waals surface area contributed by atoms with Crippen molar-refractivity contribution >= 4 is 5.84 Å². The summed E-state index contributed by atoms with van der Waals surface area (Å²) in [6, 6.07) is 0. The molecule has 12 heavy (non-hydrogen) atoms. The van der Waals surface area contributed by atoms with Crippen LogP contribution in [-0.2, 0) is 0 Å². The first-order chi connectivity index (χ1) is 5.40. The number of oxime groups is 1. The number of hydrogen-bond acceptors (Lipinski definition) is 4. The molecule has 0 aliphatic heterocycles. The molecule has 0 amide bonds. The third kappa shape index (κ3) is 3.54. The topological polar surface area (TPSA) is 90.9 Å². The van der Waals surface area contributed by atoms with Crippen molar-refractivity contribution in [1.82, 2.24) is 5.32 Å². The Bertz CT molecular complexity index is 166. The Morgan fingerprint density at radius 3 is 2.50 bits per heavy atom. The van der Waals surface area contributed by atoms with Crippen molar-refractivity contribution < 1.29 is 10.3 Å². The predicted octanol–water partition coefficient (Wildman–Crippen LogP) is -0.518. The molecule has 5 nitrogen and oxygen atoms in total. The van der Waals surface area contributed by atoms with Crippen LogP contribution in [0.4, 0.5) is 0 Å². The zero-order valence-electron chi connectivity index (χ0n) is 7.70. The van der Waals surface area contributed by atoms with Crippen molar-refractivity contribution in [2.24, 2.45) is 10.9 Å². The Kier molecular flexibility index (Phi) is 3.99. The Morgan fingerprint density at radius 2 is 2.17 bits per heavy atom. The number of nitrogens with zero attached hydrogens (tertiary/aromatic N) is 1. The molecule has 0 aromatic rings. The first-order valence-electron chi connectivity index (χ1n) is 3.79. The van der Waals surface area contributed by atoms with E-state index in [1.165, 1.54) is 0 Å². The molecule has 0 aromatic heterocycles. The molecular formula is C7H17N3O2. The van der Waals surface area contributed by atoms with Gasteiger partial charge in [0.25, 0.3) is 0 Å². The van der Waals surface area contributed by atoms with E-state index in [0.717, 1.165) is 0 Å². The Hall–Kier alpha value is -0.810. The molecule has 5 heteroatoms. The lowest BCUT2D eigenvalue weighted by Gasteiger charge is -2.29. The van der Waals surface area contributed by atoms with Crippen LogP contribution in [0.2, 0.25) is 0 Å². The lowest BCUT2D eigenvalue weighted by Crippen LogP contribution is -2.51. The first kappa shape index (κ1) is 11.2. The van der Waals surface area contributed by atoms with Gasteiger partial charge in [0, 0.05) is 5.54 Å². The van der Waals surface area contributed by atoms with Gasteiger partial charge in [-0.1, -0.05) is 5.16 Å². The van der Waals surface area contributed by atoms with Crippen molar-refractivity contribution in [1.29, 1.82) is 0 Å². The second-order valence-electron chi connectivity index (χ2n) is 3.34. The van der Waals surface area contributed by atoms with Gasteiger partial charge in [-0.15, -0.1) is 0 Å². The Balaban J connectivity index is 3.92. The van der Waals surface area contributed by atoms with E-state index in [1.807, 2.05) is 13.8 Å². The molecule has 5 N–H and O–H groups in total. The van der Waals surface area contributed by atoms with Crippen LogP contribution in [0.5, 0.6) is 0 Å². The summed E-state index contributed by atoms with van der Waals surface area (Å²) < 4.78 is 0.